The lowest BCUT2D eigenvalue weighted by atomic mass is 9.99. The minimum atomic E-state index is 0.580. The lowest BCUT2D eigenvalue weighted by molar-refractivity contribution is 0.275. The van der Waals surface area contributed by atoms with E-state index in [0.29, 0.717) is 5.92 Å². The van der Waals surface area contributed by atoms with Crippen molar-refractivity contribution in [3.8, 4) is 0 Å². The Kier molecular flexibility index (Phi) is 7.11. The van der Waals surface area contributed by atoms with Gasteiger partial charge in [0.1, 0.15) is 0 Å². The summed E-state index contributed by atoms with van der Waals surface area (Å²) in [5.74, 6) is 1.36. The highest BCUT2D eigenvalue weighted by molar-refractivity contribution is 5.25. The third-order valence-electron chi connectivity index (χ3n) is 3.83. The number of likely N-dealkylation sites (N-methyl/N-ethyl adjacent to an activating group) is 1. The molecule has 2 nitrogen and oxygen atoms in total. The maximum atomic E-state index is 3.23. The molecule has 2 heteroatoms. The fraction of sp³-hybridized carbons (Fsp3) is 0.647. The lowest BCUT2D eigenvalue weighted by Gasteiger charge is -2.21. The first-order chi connectivity index (χ1) is 9.06. The second kappa shape index (κ2) is 8.34. The molecular weight excluding hydrogens is 232 g/mol. The molecule has 1 aromatic carbocycles. The summed E-state index contributed by atoms with van der Waals surface area (Å²) in [7, 11) is 4.22. The van der Waals surface area contributed by atoms with Crippen molar-refractivity contribution in [2.45, 2.75) is 39.7 Å². The number of hydrogen-bond acceptors (Lipinski definition) is 2. The van der Waals surface area contributed by atoms with Crippen LogP contribution in [0.3, 0.4) is 0 Å². The molecule has 1 rings (SSSR count). The monoisotopic (exact) mass is 262 g/mol. The summed E-state index contributed by atoms with van der Waals surface area (Å²) in [4.78, 5) is 2.42. The van der Waals surface area contributed by atoms with Crippen LogP contribution >= 0.6 is 0 Å². The Hall–Kier alpha value is -0.860. The Bertz CT molecular complexity index is 345. The van der Waals surface area contributed by atoms with Crippen LogP contribution in [-0.4, -0.2) is 32.1 Å². The Labute approximate surface area is 119 Å². The molecule has 0 bridgehead atoms. The number of rotatable bonds is 8. The molecule has 0 saturated carbocycles. The highest BCUT2D eigenvalue weighted by Gasteiger charge is 2.07. The van der Waals surface area contributed by atoms with Crippen LogP contribution in [0.4, 0.5) is 0 Å². The summed E-state index contributed by atoms with van der Waals surface area (Å²) >= 11 is 0. The fourth-order valence-corrected chi connectivity index (χ4v) is 2.41. The molecule has 0 heterocycles. The Morgan fingerprint density at radius 2 is 1.79 bits per heavy atom. The lowest BCUT2D eigenvalue weighted by Crippen LogP contribution is -2.23. The Morgan fingerprint density at radius 1 is 1.16 bits per heavy atom. The van der Waals surface area contributed by atoms with E-state index in [1.165, 1.54) is 24.1 Å². The molecule has 0 aliphatic carbocycles. The fourth-order valence-electron chi connectivity index (χ4n) is 2.41. The van der Waals surface area contributed by atoms with E-state index in [-0.39, 0.29) is 0 Å². The van der Waals surface area contributed by atoms with Crippen LogP contribution in [-0.2, 0) is 6.54 Å². The second-order valence-electron chi connectivity index (χ2n) is 5.91. The Balaban J connectivity index is 2.52. The molecule has 0 fully saturated rings. The molecule has 0 aliphatic heterocycles. The van der Waals surface area contributed by atoms with Crippen molar-refractivity contribution in [2.75, 3.05) is 27.2 Å². The summed E-state index contributed by atoms with van der Waals surface area (Å²) in [5, 5.41) is 3.23. The van der Waals surface area contributed by atoms with Crippen molar-refractivity contribution < 1.29 is 0 Å². The van der Waals surface area contributed by atoms with Crippen LogP contribution in [0, 0.1) is 5.92 Å². The standard InChI is InChI=1S/C17H30N2/c1-6-14(2)12-19(5)13-16-7-9-17(10-8-16)15(3)11-18-4/h7-10,14-15,18H,6,11-13H2,1-5H3. The zero-order chi connectivity index (χ0) is 14.3. The summed E-state index contributed by atoms with van der Waals surface area (Å²) in [6, 6.07) is 9.09. The van der Waals surface area contributed by atoms with Crippen LogP contribution in [0.25, 0.3) is 0 Å². The molecule has 0 amide bonds. The van der Waals surface area contributed by atoms with E-state index >= 15 is 0 Å². The van der Waals surface area contributed by atoms with Gasteiger partial charge in [0.15, 0.2) is 0 Å². The zero-order valence-corrected chi connectivity index (χ0v) is 13.2. The van der Waals surface area contributed by atoms with Gasteiger partial charge in [-0.25, -0.2) is 0 Å². The number of nitrogens with zero attached hydrogens (tertiary/aromatic N) is 1. The third kappa shape index (κ3) is 5.75. The van der Waals surface area contributed by atoms with Crippen LogP contribution in [0.15, 0.2) is 24.3 Å². The maximum Gasteiger partial charge on any atom is 0.0230 e. The largest absolute Gasteiger partial charge is 0.319 e. The van der Waals surface area contributed by atoms with Gasteiger partial charge in [0.25, 0.3) is 0 Å². The highest BCUT2D eigenvalue weighted by atomic mass is 15.1. The molecule has 0 aliphatic rings. The first-order valence-corrected chi connectivity index (χ1v) is 7.48. The molecule has 0 spiro atoms. The third-order valence-corrected chi connectivity index (χ3v) is 3.83. The van der Waals surface area contributed by atoms with Crippen LogP contribution in [0.5, 0.6) is 0 Å². The van der Waals surface area contributed by atoms with Crippen molar-refractivity contribution in [3.05, 3.63) is 35.4 Å². The van der Waals surface area contributed by atoms with Crippen molar-refractivity contribution in [1.29, 1.82) is 0 Å². The van der Waals surface area contributed by atoms with Crippen LogP contribution in [0.1, 0.15) is 44.2 Å². The quantitative estimate of drug-likeness (QED) is 0.771. The molecule has 0 saturated heterocycles. The van der Waals surface area contributed by atoms with Crippen molar-refractivity contribution in [1.82, 2.24) is 10.2 Å². The van der Waals surface area contributed by atoms with Gasteiger partial charge in [-0.2, -0.15) is 0 Å². The van der Waals surface area contributed by atoms with Gasteiger partial charge in [-0.15, -0.1) is 0 Å². The average molecular weight is 262 g/mol. The first kappa shape index (κ1) is 16.2. The molecule has 19 heavy (non-hydrogen) atoms. The van der Waals surface area contributed by atoms with Gasteiger partial charge in [-0.3, -0.25) is 0 Å². The maximum absolute atomic E-state index is 3.23. The van der Waals surface area contributed by atoms with E-state index in [1.807, 2.05) is 7.05 Å². The van der Waals surface area contributed by atoms with Crippen LogP contribution in [0.2, 0.25) is 0 Å². The molecule has 0 radical (unpaired) electrons. The molecular formula is C17H30N2. The molecule has 2 unspecified atom stereocenters. The van der Waals surface area contributed by atoms with Crippen molar-refractivity contribution in [3.63, 3.8) is 0 Å². The van der Waals surface area contributed by atoms with E-state index in [2.05, 4.69) is 62.3 Å². The van der Waals surface area contributed by atoms with E-state index in [4.69, 9.17) is 0 Å². The second-order valence-corrected chi connectivity index (χ2v) is 5.91. The van der Waals surface area contributed by atoms with E-state index in [1.54, 1.807) is 0 Å². The van der Waals surface area contributed by atoms with Crippen molar-refractivity contribution >= 4 is 0 Å². The van der Waals surface area contributed by atoms with Gasteiger partial charge < -0.3 is 10.2 Å². The highest BCUT2D eigenvalue weighted by Crippen LogP contribution is 2.16. The normalized spacial score (nSPS) is 14.6. The molecule has 1 aromatic rings. The van der Waals surface area contributed by atoms with Gasteiger partial charge in [-0.1, -0.05) is 51.5 Å². The average Bonchev–Trinajstić information content (AvgIpc) is 2.39. The topological polar surface area (TPSA) is 15.3 Å². The molecule has 2 atom stereocenters. The summed E-state index contributed by atoms with van der Waals surface area (Å²) in [5.41, 5.74) is 2.83. The van der Waals surface area contributed by atoms with Crippen molar-refractivity contribution in [2.24, 2.45) is 5.92 Å². The van der Waals surface area contributed by atoms with E-state index in [9.17, 15) is 0 Å². The number of hydrogen-bond donors (Lipinski definition) is 1. The minimum Gasteiger partial charge on any atom is -0.319 e. The molecule has 1 N–H and O–H groups in total. The van der Waals surface area contributed by atoms with Gasteiger partial charge in [-0.05, 0) is 37.1 Å². The predicted molar refractivity (Wildman–Crippen MR) is 84.6 cm³/mol. The minimum absolute atomic E-state index is 0.580. The summed E-state index contributed by atoms with van der Waals surface area (Å²) in [6.07, 6.45) is 1.25. The molecule has 0 aromatic heterocycles. The summed E-state index contributed by atoms with van der Waals surface area (Å²) < 4.78 is 0. The number of nitrogens with one attached hydrogen (secondary N) is 1. The van der Waals surface area contributed by atoms with Gasteiger partial charge in [0, 0.05) is 19.6 Å². The molecule has 108 valence electrons. The van der Waals surface area contributed by atoms with E-state index in [0.717, 1.165) is 19.0 Å². The smallest absolute Gasteiger partial charge is 0.0230 e. The van der Waals surface area contributed by atoms with E-state index < -0.39 is 0 Å². The van der Waals surface area contributed by atoms with Gasteiger partial charge in [0.2, 0.25) is 0 Å². The van der Waals surface area contributed by atoms with Crippen LogP contribution < -0.4 is 5.32 Å². The van der Waals surface area contributed by atoms with Gasteiger partial charge in [0.05, 0.1) is 0 Å². The zero-order valence-electron chi connectivity index (χ0n) is 13.2. The SMILES string of the molecule is CCC(C)CN(C)Cc1ccc(C(C)CNC)cc1. The van der Waals surface area contributed by atoms with Gasteiger partial charge >= 0.3 is 0 Å². The first-order valence-electron chi connectivity index (χ1n) is 7.48. The Morgan fingerprint density at radius 3 is 2.32 bits per heavy atom. The number of benzene rings is 1. The summed E-state index contributed by atoms with van der Waals surface area (Å²) in [6.45, 7) is 10.1. The predicted octanol–water partition coefficient (Wildman–Crippen LogP) is 3.49.